The molecule has 2 aliphatic heterocycles. The SMILES string of the molecule is O=C1OC2(c3ccccc3Oc3ccc4c(=O)c4c32)c2ccccc21. The normalized spacial score (nSPS) is 20.2. The third-order valence-electron chi connectivity index (χ3n) is 5.19. The molecular weight excluding hydrogens is 316 g/mol. The number of hydrogen-bond acceptors (Lipinski definition) is 4. The van der Waals surface area contributed by atoms with E-state index in [9.17, 15) is 9.59 Å². The number of carbonyl (C=O) groups is 1. The molecule has 4 nitrogen and oxygen atoms in total. The van der Waals surface area contributed by atoms with Crippen LogP contribution in [0.25, 0.3) is 10.8 Å². The molecule has 4 aromatic carbocycles. The van der Waals surface area contributed by atoms with Crippen molar-refractivity contribution in [1.82, 2.24) is 0 Å². The molecule has 6 rings (SSSR count). The maximum atomic E-state index is 12.6. The van der Waals surface area contributed by atoms with Crippen molar-refractivity contribution in [2.75, 3.05) is 0 Å². The van der Waals surface area contributed by atoms with E-state index >= 15 is 0 Å². The van der Waals surface area contributed by atoms with E-state index < -0.39 is 5.60 Å². The average Bonchev–Trinajstić information content (AvgIpc) is 3.21. The van der Waals surface area contributed by atoms with Crippen molar-refractivity contribution in [3.05, 3.63) is 93.1 Å². The molecule has 1 spiro atoms. The van der Waals surface area contributed by atoms with Crippen LogP contribution in [-0.4, -0.2) is 5.97 Å². The molecule has 0 saturated carbocycles. The van der Waals surface area contributed by atoms with Crippen LogP contribution in [0.15, 0.2) is 65.5 Å². The maximum Gasteiger partial charge on any atom is 0.340 e. The molecule has 4 heteroatoms. The van der Waals surface area contributed by atoms with Crippen LogP contribution in [0.5, 0.6) is 11.5 Å². The van der Waals surface area contributed by atoms with Gasteiger partial charge < -0.3 is 9.47 Å². The van der Waals surface area contributed by atoms with E-state index in [1.165, 1.54) is 0 Å². The lowest BCUT2D eigenvalue weighted by atomic mass is 9.77. The summed E-state index contributed by atoms with van der Waals surface area (Å²) in [5, 5.41) is 1.28. The van der Waals surface area contributed by atoms with Gasteiger partial charge in [-0.15, -0.1) is 0 Å². The molecule has 0 amide bonds. The largest absolute Gasteiger partial charge is 0.456 e. The standard InChI is InChI=1S/C21H10O4/c22-19-12-9-10-16-18(17(12)19)21(14-7-3-4-8-15(14)24-16)13-6-2-1-5-11(13)20(23)25-21/h1-10H. The first-order valence-electron chi connectivity index (χ1n) is 8.04. The zero-order chi connectivity index (χ0) is 16.8. The van der Waals surface area contributed by atoms with Crippen molar-refractivity contribution in [1.29, 1.82) is 0 Å². The molecule has 4 aromatic rings. The Morgan fingerprint density at radius 2 is 1.52 bits per heavy atom. The van der Waals surface area contributed by atoms with E-state index in [4.69, 9.17) is 9.47 Å². The quantitative estimate of drug-likeness (QED) is 0.463. The lowest BCUT2D eigenvalue weighted by Gasteiger charge is -2.36. The van der Waals surface area contributed by atoms with Crippen LogP contribution in [0.1, 0.15) is 27.0 Å². The zero-order valence-corrected chi connectivity index (χ0v) is 12.9. The minimum Gasteiger partial charge on any atom is -0.456 e. The second kappa shape index (κ2) is 3.98. The van der Waals surface area contributed by atoms with E-state index in [2.05, 4.69) is 0 Å². The predicted molar refractivity (Wildman–Crippen MR) is 90.8 cm³/mol. The van der Waals surface area contributed by atoms with Crippen molar-refractivity contribution in [2.24, 2.45) is 0 Å². The van der Waals surface area contributed by atoms with Gasteiger partial charge in [0.1, 0.15) is 11.5 Å². The van der Waals surface area contributed by atoms with Gasteiger partial charge >= 0.3 is 5.97 Å². The molecule has 1 atom stereocenters. The Balaban J connectivity index is 1.82. The molecule has 2 heterocycles. The molecule has 0 aliphatic carbocycles. The first kappa shape index (κ1) is 13.0. The Morgan fingerprint density at radius 1 is 0.760 bits per heavy atom. The van der Waals surface area contributed by atoms with Gasteiger partial charge in [-0.2, -0.15) is 0 Å². The van der Waals surface area contributed by atoms with Crippen LogP contribution >= 0.6 is 0 Å². The van der Waals surface area contributed by atoms with Crippen LogP contribution in [0.2, 0.25) is 0 Å². The highest BCUT2D eigenvalue weighted by molar-refractivity contribution is 6.05. The van der Waals surface area contributed by atoms with Gasteiger partial charge in [-0.05, 0) is 24.3 Å². The number of carbonyl (C=O) groups excluding carboxylic acids is 1. The minimum atomic E-state index is -1.13. The van der Waals surface area contributed by atoms with E-state index in [1.807, 2.05) is 42.5 Å². The van der Waals surface area contributed by atoms with E-state index in [0.717, 1.165) is 11.1 Å². The Morgan fingerprint density at radius 3 is 2.40 bits per heavy atom. The number of rotatable bonds is 0. The van der Waals surface area contributed by atoms with Crippen LogP contribution in [0, 0.1) is 0 Å². The van der Waals surface area contributed by atoms with Crippen LogP contribution in [0.3, 0.4) is 0 Å². The van der Waals surface area contributed by atoms with Crippen LogP contribution < -0.4 is 10.2 Å². The number of esters is 1. The molecule has 25 heavy (non-hydrogen) atoms. The summed E-state index contributed by atoms with van der Waals surface area (Å²) >= 11 is 0. The van der Waals surface area contributed by atoms with Crippen molar-refractivity contribution in [2.45, 2.75) is 5.60 Å². The molecule has 2 aliphatic rings. The Hall–Kier alpha value is -3.40. The fourth-order valence-electron chi connectivity index (χ4n) is 4.09. The Labute approximate surface area is 141 Å². The van der Waals surface area contributed by atoms with Gasteiger partial charge in [-0.25, -0.2) is 4.79 Å². The lowest BCUT2D eigenvalue weighted by molar-refractivity contribution is 0.0230. The van der Waals surface area contributed by atoms with Gasteiger partial charge in [0.25, 0.3) is 0 Å². The second-order valence-corrected chi connectivity index (χ2v) is 6.40. The van der Waals surface area contributed by atoms with Crippen molar-refractivity contribution in [3.8, 4) is 11.5 Å². The highest BCUT2D eigenvalue weighted by atomic mass is 16.6. The third-order valence-corrected chi connectivity index (χ3v) is 5.19. The summed E-state index contributed by atoms with van der Waals surface area (Å²) in [7, 11) is 0. The summed E-state index contributed by atoms with van der Waals surface area (Å²) < 4.78 is 12.0. The summed E-state index contributed by atoms with van der Waals surface area (Å²) in [6, 6.07) is 18.4. The maximum absolute atomic E-state index is 12.6. The van der Waals surface area contributed by atoms with E-state index in [1.54, 1.807) is 18.2 Å². The number of ether oxygens (including phenoxy) is 2. The van der Waals surface area contributed by atoms with E-state index in [-0.39, 0.29) is 11.4 Å². The molecule has 0 radical (unpaired) electrons. The van der Waals surface area contributed by atoms with Crippen molar-refractivity contribution >= 4 is 16.7 Å². The molecule has 0 saturated heterocycles. The first-order chi connectivity index (χ1) is 12.2. The number of hydrogen-bond donors (Lipinski definition) is 0. The first-order valence-corrected chi connectivity index (χ1v) is 8.04. The molecule has 0 fully saturated rings. The summed E-state index contributed by atoms with van der Waals surface area (Å²) in [6.07, 6.45) is 0. The summed E-state index contributed by atoms with van der Waals surface area (Å²) in [5.74, 6) is 0.810. The fraction of sp³-hybridized carbons (Fsp3) is 0.0476. The smallest absolute Gasteiger partial charge is 0.340 e. The highest BCUT2D eigenvalue weighted by Gasteiger charge is 2.55. The minimum absolute atomic E-state index is 0.0102. The van der Waals surface area contributed by atoms with Gasteiger partial charge in [0.2, 0.25) is 0 Å². The topological polar surface area (TPSA) is 52.6 Å². The summed E-state index contributed by atoms with van der Waals surface area (Å²) in [5.41, 5.74) is 1.53. The summed E-state index contributed by atoms with van der Waals surface area (Å²) in [6.45, 7) is 0. The number of para-hydroxylation sites is 1. The van der Waals surface area contributed by atoms with Gasteiger partial charge in [0.15, 0.2) is 11.0 Å². The molecule has 0 N–H and O–H groups in total. The monoisotopic (exact) mass is 326 g/mol. The average molecular weight is 326 g/mol. The highest BCUT2D eigenvalue weighted by Crippen LogP contribution is 2.57. The van der Waals surface area contributed by atoms with Crippen molar-refractivity contribution < 1.29 is 14.3 Å². The molecule has 1 unspecified atom stereocenters. The number of fused-ring (bicyclic) bond motifs is 8. The Kier molecular flexibility index (Phi) is 2.06. The van der Waals surface area contributed by atoms with Crippen molar-refractivity contribution in [3.63, 3.8) is 0 Å². The Bertz CT molecular complexity index is 1240. The van der Waals surface area contributed by atoms with E-state index in [0.29, 0.717) is 33.4 Å². The third kappa shape index (κ3) is 1.35. The number of benzene rings is 3. The zero-order valence-electron chi connectivity index (χ0n) is 12.9. The van der Waals surface area contributed by atoms with Gasteiger partial charge in [0, 0.05) is 21.9 Å². The van der Waals surface area contributed by atoms with Gasteiger partial charge in [-0.1, -0.05) is 36.4 Å². The van der Waals surface area contributed by atoms with Gasteiger partial charge in [-0.3, -0.25) is 4.79 Å². The molecule has 118 valence electrons. The second-order valence-electron chi connectivity index (χ2n) is 6.40. The fourth-order valence-corrected chi connectivity index (χ4v) is 4.09. The van der Waals surface area contributed by atoms with Gasteiger partial charge in [0.05, 0.1) is 11.1 Å². The molecule has 0 aromatic heterocycles. The predicted octanol–water partition coefficient (Wildman–Crippen LogP) is 3.64. The van der Waals surface area contributed by atoms with Crippen LogP contribution in [0.4, 0.5) is 0 Å². The molecular formula is C21H10O4. The molecule has 0 bridgehead atoms. The lowest BCUT2D eigenvalue weighted by Crippen LogP contribution is -2.32. The summed E-state index contributed by atoms with van der Waals surface area (Å²) in [4.78, 5) is 24.9. The van der Waals surface area contributed by atoms with Crippen LogP contribution in [-0.2, 0) is 10.3 Å².